The number of fused-ring (bicyclic) bond motifs is 1. The molecule has 2 heterocycles. The van der Waals surface area contributed by atoms with Gasteiger partial charge in [-0.2, -0.15) is 0 Å². The molecule has 2 rings (SSSR count). The van der Waals surface area contributed by atoms with Crippen molar-refractivity contribution < 1.29 is 13.9 Å². The van der Waals surface area contributed by atoms with E-state index in [9.17, 15) is 4.79 Å². The van der Waals surface area contributed by atoms with Gasteiger partial charge in [-0.15, -0.1) is 0 Å². The van der Waals surface area contributed by atoms with E-state index in [2.05, 4.69) is 24.6 Å². The predicted molar refractivity (Wildman–Crippen MR) is 72.4 cm³/mol. The molecule has 19 heavy (non-hydrogen) atoms. The molecule has 0 N–H and O–H groups in total. The topological polar surface area (TPSA) is 38.6 Å². The number of aromatic nitrogens is 2. The van der Waals surface area contributed by atoms with Crippen LogP contribution < -0.4 is 9.14 Å². The highest BCUT2D eigenvalue weighted by molar-refractivity contribution is 5.70. The van der Waals surface area contributed by atoms with Crippen molar-refractivity contribution in [1.29, 1.82) is 0 Å². The number of ether oxygens (including phenoxy) is 1. The maximum Gasteiger partial charge on any atom is 0.414 e. The van der Waals surface area contributed by atoms with Gasteiger partial charge in [0, 0.05) is 26.1 Å². The molecule has 0 saturated heterocycles. The van der Waals surface area contributed by atoms with E-state index in [0.717, 1.165) is 5.65 Å². The van der Waals surface area contributed by atoms with Crippen LogP contribution in [0.2, 0.25) is 0 Å². The number of pyridine rings is 1. The Hall–Kier alpha value is -2.04. The Labute approximate surface area is 113 Å². The second kappa shape index (κ2) is 4.91. The SMILES string of the molecule is CC(C)c1c[n+]2ccc(OC(=O)N(C)C)cc2n1C. The zero-order valence-electron chi connectivity index (χ0n) is 12.0. The molecule has 0 aliphatic rings. The van der Waals surface area contributed by atoms with Gasteiger partial charge in [0.05, 0.1) is 19.3 Å². The largest absolute Gasteiger partial charge is 0.414 e. The van der Waals surface area contributed by atoms with E-state index in [4.69, 9.17) is 4.74 Å². The van der Waals surface area contributed by atoms with Gasteiger partial charge in [0.15, 0.2) is 0 Å². The summed E-state index contributed by atoms with van der Waals surface area (Å²) in [5, 5.41) is 0. The van der Waals surface area contributed by atoms with Crippen LogP contribution in [0.25, 0.3) is 5.65 Å². The summed E-state index contributed by atoms with van der Waals surface area (Å²) in [6.45, 7) is 4.31. The first kappa shape index (κ1) is 13.4. The number of nitrogens with zero attached hydrogens (tertiary/aromatic N) is 3. The van der Waals surface area contributed by atoms with E-state index in [0.29, 0.717) is 11.7 Å². The first-order valence-corrected chi connectivity index (χ1v) is 6.30. The van der Waals surface area contributed by atoms with Gasteiger partial charge in [0.1, 0.15) is 17.6 Å². The molecule has 0 spiro atoms. The number of amides is 1. The van der Waals surface area contributed by atoms with E-state index < -0.39 is 0 Å². The summed E-state index contributed by atoms with van der Waals surface area (Å²) in [6, 6.07) is 3.66. The fraction of sp³-hybridized carbons (Fsp3) is 0.429. The average molecular weight is 262 g/mol. The predicted octanol–water partition coefficient (Wildman–Crippen LogP) is 1.95. The molecule has 0 bridgehead atoms. The highest BCUT2D eigenvalue weighted by Gasteiger charge is 2.18. The van der Waals surface area contributed by atoms with Crippen LogP contribution in [-0.2, 0) is 7.05 Å². The van der Waals surface area contributed by atoms with Gasteiger partial charge in [-0.05, 0) is 0 Å². The quantitative estimate of drug-likeness (QED) is 0.776. The van der Waals surface area contributed by atoms with Crippen molar-refractivity contribution in [1.82, 2.24) is 9.47 Å². The van der Waals surface area contributed by atoms with E-state index >= 15 is 0 Å². The maximum absolute atomic E-state index is 11.5. The van der Waals surface area contributed by atoms with Crippen LogP contribution in [0.3, 0.4) is 0 Å². The number of imidazole rings is 1. The summed E-state index contributed by atoms with van der Waals surface area (Å²) in [6.07, 6.45) is 3.62. The fourth-order valence-electron chi connectivity index (χ4n) is 2.01. The molecule has 2 aromatic rings. The molecule has 2 aromatic heterocycles. The third-order valence-corrected chi connectivity index (χ3v) is 3.10. The zero-order chi connectivity index (χ0) is 14.2. The van der Waals surface area contributed by atoms with Crippen LogP contribution in [0.1, 0.15) is 25.5 Å². The summed E-state index contributed by atoms with van der Waals surface area (Å²) < 4.78 is 9.41. The number of hydrogen-bond donors (Lipinski definition) is 0. The number of hydrogen-bond acceptors (Lipinski definition) is 2. The Morgan fingerprint density at radius 2 is 2.11 bits per heavy atom. The van der Waals surface area contributed by atoms with Gasteiger partial charge in [0.2, 0.25) is 0 Å². The second-order valence-corrected chi connectivity index (χ2v) is 5.16. The van der Waals surface area contributed by atoms with Crippen LogP contribution in [-0.4, -0.2) is 29.7 Å². The molecule has 0 unspecified atom stereocenters. The molecule has 0 aliphatic carbocycles. The van der Waals surface area contributed by atoms with Crippen LogP contribution >= 0.6 is 0 Å². The van der Waals surface area contributed by atoms with Crippen molar-refractivity contribution >= 4 is 11.7 Å². The van der Waals surface area contributed by atoms with Gasteiger partial charge in [-0.3, -0.25) is 0 Å². The van der Waals surface area contributed by atoms with E-state index in [1.165, 1.54) is 10.6 Å². The molecular formula is C14H20N3O2+. The lowest BCUT2D eigenvalue weighted by Crippen LogP contribution is -2.26. The van der Waals surface area contributed by atoms with Crippen LogP contribution in [0.15, 0.2) is 24.5 Å². The van der Waals surface area contributed by atoms with E-state index in [-0.39, 0.29) is 6.09 Å². The zero-order valence-corrected chi connectivity index (χ0v) is 12.0. The third-order valence-electron chi connectivity index (χ3n) is 3.10. The van der Waals surface area contributed by atoms with Crippen molar-refractivity contribution in [2.75, 3.05) is 14.1 Å². The summed E-state index contributed by atoms with van der Waals surface area (Å²) in [5.41, 5.74) is 2.23. The molecule has 0 atom stereocenters. The molecule has 102 valence electrons. The highest BCUT2D eigenvalue weighted by atomic mass is 16.6. The normalized spacial score (nSPS) is 11.1. The maximum atomic E-state index is 11.5. The third kappa shape index (κ3) is 2.54. The lowest BCUT2D eigenvalue weighted by molar-refractivity contribution is -0.511. The first-order chi connectivity index (χ1) is 8.90. The van der Waals surface area contributed by atoms with Gasteiger partial charge < -0.3 is 9.64 Å². The van der Waals surface area contributed by atoms with Crippen LogP contribution in [0.5, 0.6) is 5.75 Å². The van der Waals surface area contributed by atoms with Crippen molar-refractivity contribution in [2.24, 2.45) is 7.05 Å². The highest BCUT2D eigenvalue weighted by Crippen LogP contribution is 2.18. The summed E-state index contributed by atoms with van der Waals surface area (Å²) in [5.74, 6) is 0.993. The molecule has 1 amide bonds. The Morgan fingerprint density at radius 1 is 1.42 bits per heavy atom. The van der Waals surface area contributed by atoms with Crippen molar-refractivity contribution in [3.63, 3.8) is 0 Å². The molecule has 0 aliphatic heterocycles. The van der Waals surface area contributed by atoms with Gasteiger partial charge in [-0.25, -0.2) is 13.8 Å². The lowest BCUT2D eigenvalue weighted by Gasteiger charge is -2.09. The fourth-order valence-corrected chi connectivity index (χ4v) is 2.01. The Balaban J connectivity index is 2.40. The average Bonchev–Trinajstić information content (AvgIpc) is 2.67. The molecule has 5 heteroatoms. The summed E-state index contributed by atoms with van der Waals surface area (Å²) in [7, 11) is 5.34. The number of carbonyl (C=O) groups excluding carboxylic acids is 1. The van der Waals surface area contributed by atoms with Crippen molar-refractivity contribution in [3.05, 3.63) is 30.2 Å². The minimum absolute atomic E-state index is 0.373. The number of carbonyl (C=O) groups is 1. The Bertz CT molecular complexity index is 614. The van der Waals surface area contributed by atoms with Gasteiger partial charge >= 0.3 is 6.09 Å². The van der Waals surface area contributed by atoms with Gasteiger partial charge in [0.25, 0.3) is 5.65 Å². The molecule has 0 radical (unpaired) electrons. The van der Waals surface area contributed by atoms with Crippen molar-refractivity contribution in [2.45, 2.75) is 19.8 Å². The van der Waals surface area contributed by atoms with Crippen LogP contribution in [0, 0.1) is 0 Å². The Morgan fingerprint density at radius 3 is 2.68 bits per heavy atom. The van der Waals surface area contributed by atoms with E-state index in [1.807, 2.05) is 23.7 Å². The minimum atomic E-state index is -0.373. The summed E-state index contributed by atoms with van der Waals surface area (Å²) >= 11 is 0. The molecule has 0 fully saturated rings. The molecule has 0 saturated carbocycles. The molecular weight excluding hydrogens is 242 g/mol. The second-order valence-electron chi connectivity index (χ2n) is 5.16. The standard InChI is InChI=1S/C14H20N3O2/c1-10(2)12-9-17-7-6-11(8-13(17)16(12)5)19-14(18)15(3)4/h6-10H,1-5H3/q+1. The number of rotatable bonds is 2. The van der Waals surface area contributed by atoms with Gasteiger partial charge in [-0.1, -0.05) is 13.8 Å². The lowest BCUT2D eigenvalue weighted by atomic mass is 10.1. The molecule has 5 nitrogen and oxygen atoms in total. The Kier molecular flexibility index (Phi) is 3.46. The number of aryl methyl sites for hydroxylation is 1. The first-order valence-electron chi connectivity index (χ1n) is 6.30. The van der Waals surface area contributed by atoms with E-state index in [1.54, 1.807) is 20.2 Å². The van der Waals surface area contributed by atoms with Crippen LogP contribution in [0.4, 0.5) is 4.79 Å². The summed E-state index contributed by atoms with van der Waals surface area (Å²) in [4.78, 5) is 12.9. The monoisotopic (exact) mass is 262 g/mol. The smallest absolute Gasteiger partial charge is 0.410 e. The molecule has 0 aromatic carbocycles. The van der Waals surface area contributed by atoms with Crippen molar-refractivity contribution in [3.8, 4) is 5.75 Å². The minimum Gasteiger partial charge on any atom is -0.410 e.